The average Bonchev–Trinajstić information content (AvgIpc) is 2.92. The lowest BCUT2D eigenvalue weighted by atomic mass is 10.0. The van der Waals surface area contributed by atoms with Gasteiger partial charge in [-0.15, -0.1) is 0 Å². The summed E-state index contributed by atoms with van der Waals surface area (Å²) in [6.07, 6.45) is 44.8. The van der Waals surface area contributed by atoms with Crippen LogP contribution >= 0.6 is 0 Å². The van der Waals surface area contributed by atoms with E-state index in [0.29, 0.717) is 0 Å². The summed E-state index contributed by atoms with van der Waals surface area (Å²) in [6, 6.07) is 4.60. The molecule has 0 atom stereocenters. The van der Waals surface area contributed by atoms with Crippen LogP contribution in [0.2, 0.25) is 0 Å². The Balaban J connectivity index is 1.88. The van der Waals surface area contributed by atoms with Gasteiger partial charge in [0.25, 0.3) is 0 Å². The summed E-state index contributed by atoms with van der Waals surface area (Å²) in [5.74, 6) is 0. The number of hydrogen-bond donors (Lipinski definition) is 0. The molecule has 0 amide bonds. The maximum absolute atomic E-state index is 2.44. The Hall–Kier alpha value is -0.850. The molecule has 0 fully saturated rings. The third-order valence-corrected chi connectivity index (χ3v) is 8.26. The van der Waals surface area contributed by atoms with Crippen LogP contribution in [-0.4, -0.2) is 0 Å². The molecular formula is C36H68N+. The predicted octanol–water partition coefficient (Wildman–Crippen LogP) is 12.1. The second-order valence-corrected chi connectivity index (χ2v) is 12.0. The molecule has 1 nitrogen and oxygen atoms in total. The molecule has 0 saturated heterocycles. The van der Waals surface area contributed by atoms with Crippen molar-refractivity contribution in [1.29, 1.82) is 0 Å². The van der Waals surface area contributed by atoms with Gasteiger partial charge in [0, 0.05) is 18.1 Å². The maximum atomic E-state index is 2.44. The Labute approximate surface area is 234 Å². The third kappa shape index (κ3) is 24.0. The zero-order valence-electron chi connectivity index (χ0n) is 25.8. The summed E-state index contributed by atoms with van der Waals surface area (Å²) in [4.78, 5) is 0. The van der Waals surface area contributed by atoms with Gasteiger partial charge in [0.15, 0.2) is 12.4 Å². The van der Waals surface area contributed by atoms with Crippen LogP contribution in [0.3, 0.4) is 0 Å². The molecule has 0 bridgehead atoms. The van der Waals surface area contributed by atoms with Gasteiger partial charge in [-0.25, -0.2) is 4.57 Å². The molecule has 37 heavy (non-hydrogen) atoms. The Morgan fingerprint density at radius 1 is 0.432 bits per heavy atom. The van der Waals surface area contributed by atoms with E-state index in [4.69, 9.17) is 0 Å². The molecule has 0 aliphatic rings. The number of unbranched alkanes of at least 4 members (excludes halogenated alkanes) is 25. The lowest BCUT2D eigenvalue weighted by molar-refractivity contribution is -0.697. The first-order chi connectivity index (χ1) is 18.4. The van der Waals surface area contributed by atoms with Crippen molar-refractivity contribution >= 4 is 0 Å². The molecule has 0 aromatic carbocycles. The molecule has 1 heterocycles. The van der Waals surface area contributed by atoms with E-state index in [1.54, 1.807) is 0 Å². The normalized spacial score (nSPS) is 11.4. The van der Waals surface area contributed by atoms with Gasteiger partial charge in [0.1, 0.15) is 6.54 Å². The van der Waals surface area contributed by atoms with Crippen molar-refractivity contribution in [2.45, 2.75) is 200 Å². The Bertz CT molecular complexity index is 566. The molecule has 0 aliphatic carbocycles. The standard InChI is InChI=1S/C36H68N/c1-3-5-7-9-11-13-15-17-18-19-21-23-25-27-29-33-37-34-30-32-36(35-37)31-28-26-24-22-20-16-14-12-10-8-6-4-2/h30,32,34-35H,3-29,31,33H2,1-2H3/q+1. The fourth-order valence-electron chi connectivity index (χ4n) is 5.70. The van der Waals surface area contributed by atoms with E-state index < -0.39 is 0 Å². The highest BCUT2D eigenvalue weighted by atomic mass is 14.9. The number of pyridine rings is 1. The number of hydrogen-bond acceptors (Lipinski definition) is 0. The van der Waals surface area contributed by atoms with Crippen molar-refractivity contribution < 1.29 is 4.57 Å². The summed E-state index contributed by atoms with van der Waals surface area (Å²) >= 11 is 0. The number of aryl methyl sites for hydroxylation is 2. The minimum absolute atomic E-state index is 1.20. The zero-order valence-corrected chi connectivity index (χ0v) is 25.8. The topological polar surface area (TPSA) is 3.88 Å². The van der Waals surface area contributed by atoms with Gasteiger partial charge in [-0.1, -0.05) is 168 Å². The monoisotopic (exact) mass is 515 g/mol. The van der Waals surface area contributed by atoms with E-state index in [-0.39, 0.29) is 0 Å². The summed E-state index contributed by atoms with van der Waals surface area (Å²) in [7, 11) is 0. The molecule has 1 rings (SSSR count). The van der Waals surface area contributed by atoms with Crippen molar-refractivity contribution in [2.75, 3.05) is 0 Å². The van der Waals surface area contributed by atoms with E-state index in [2.05, 4.69) is 42.9 Å². The molecule has 0 radical (unpaired) electrons. The van der Waals surface area contributed by atoms with Crippen molar-refractivity contribution in [3.05, 3.63) is 30.1 Å². The van der Waals surface area contributed by atoms with Crippen molar-refractivity contribution in [3.8, 4) is 0 Å². The maximum Gasteiger partial charge on any atom is 0.171 e. The van der Waals surface area contributed by atoms with Gasteiger partial charge in [-0.3, -0.25) is 0 Å². The van der Waals surface area contributed by atoms with Crippen molar-refractivity contribution in [3.63, 3.8) is 0 Å². The Morgan fingerprint density at radius 2 is 0.784 bits per heavy atom. The van der Waals surface area contributed by atoms with Gasteiger partial charge in [-0.05, 0) is 25.3 Å². The number of aromatic nitrogens is 1. The Kier molecular flexibility index (Phi) is 26.0. The van der Waals surface area contributed by atoms with Gasteiger partial charge in [-0.2, -0.15) is 0 Å². The fraction of sp³-hybridized carbons (Fsp3) is 0.861. The van der Waals surface area contributed by atoms with E-state index in [1.807, 2.05) is 0 Å². The largest absolute Gasteiger partial charge is 0.205 e. The minimum Gasteiger partial charge on any atom is -0.205 e. The quantitative estimate of drug-likeness (QED) is 0.0739. The van der Waals surface area contributed by atoms with Crippen molar-refractivity contribution in [2.24, 2.45) is 0 Å². The van der Waals surface area contributed by atoms with Crippen LogP contribution in [0.15, 0.2) is 24.5 Å². The highest BCUT2D eigenvalue weighted by molar-refractivity contribution is 5.05. The predicted molar refractivity (Wildman–Crippen MR) is 166 cm³/mol. The molecule has 0 N–H and O–H groups in total. The number of rotatable bonds is 29. The second kappa shape index (κ2) is 28.2. The molecule has 0 aliphatic heterocycles. The van der Waals surface area contributed by atoms with Gasteiger partial charge < -0.3 is 0 Å². The van der Waals surface area contributed by atoms with Gasteiger partial charge in [0.05, 0.1) is 0 Å². The molecular weight excluding hydrogens is 446 g/mol. The fourth-order valence-corrected chi connectivity index (χ4v) is 5.70. The van der Waals surface area contributed by atoms with Crippen LogP contribution in [0.4, 0.5) is 0 Å². The SMILES string of the molecule is CCCCCCCCCCCCCCCCC[n+]1cccc(CCCCCCCCCCCCCC)c1. The lowest BCUT2D eigenvalue weighted by Gasteiger charge is -2.04. The first-order valence-corrected chi connectivity index (χ1v) is 17.3. The first kappa shape index (κ1) is 34.2. The van der Waals surface area contributed by atoms with Crippen LogP contribution in [0, 0.1) is 0 Å². The van der Waals surface area contributed by atoms with Gasteiger partial charge >= 0.3 is 0 Å². The molecule has 1 aromatic heterocycles. The summed E-state index contributed by atoms with van der Waals surface area (Å²) in [6.45, 7) is 5.81. The van der Waals surface area contributed by atoms with Crippen LogP contribution < -0.4 is 4.57 Å². The average molecular weight is 515 g/mol. The van der Waals surface area contributed by atoms with E-state index in [1.165, 1.54) is 192 Å². The molecule has 0 unspecified atom stereocenters. The summed E-state index contributed by atoms with van der Waals surface area (Å²) < 4.78 is 2.44. The molecule has 0 saturated carbocycles. The van der Waals surface area contributed by atoms with Crippen LogP contribution in [-0.2, 0) is 13.0 Å². The minimum atomic E-state index is 1.20. The van der Waals surface area contributed by atoms with Crippen LogP contribution in [0.5, 0.6) is 0 Å². The first-order valence-electron chi connectivity index (χ1n) is 17.3. The smallest absolute Gasteiger partial charge is 0.171 e. The van der Waals surface area contributed by atoms with E-state index in [0.717, 1.165) is 0 Å². The lowest BCUT2D eigenvalue weighted by Crippen LogP contribution is -2.33. The highest BCUT2D eigenvalue weighted by Gasteiger charge is 2.03. The van der Waals surface area contributed by atoms with Crippen LogP contribution in [0.1, 0.15) is 193 Å². The molecule has 1 heteroatoms. The zero-order chi connectivity index (χ0) is 26.5. The van der Waals surface area contributed by atoms with Gasteiger partial charge in [0.2, 0.25) is 0 Å². The molecule has 1 aromatic rings. The number of nitrogens with zero attached hydrogens (tertiary/aromatic N) is 1. The summed E-state index contributed by atoms with van der Waals surface area (Å²) in [5.41, 5.74) is 1.54. The molecule has 0 spiro atoms. The Morgan fingerprint density at radius 3 is 1.19 bits per heavy atom. The van der Waals surface area contributed by atoms with Crippen LogP contribution in [0.25, 0.3) is 0 Å². The molecule has 216 valence electrons. The second-order valence-electron chi connectivity index (χ2n) is 12.0. The third-order valence-electron chi connectivity index (χ3n) is 8.26. The van der Waals surface area contributed by atoms with Crippen molar-refractivity contribution in [1.82, 2.24) is 0 Å². The highest BCUT2D eigenvalue weighted by Crippen LogP contribution is 2.14. The van der Waals surface area contributed by atoms with E-state index in [9.17, 15) is 0 Å². The summed E-state index contributed by atoms with van der Waals surface area (Å²) in [5, 5.41) is 0. The van der Waals surface area contributed by atoms with E-state index >= 15 is 0 Å².